The van der Waals surface area contributed by atoms with Gasteiger partial charge in [-0.2, -0.15) is 0 Å². The molecule has 268 valence electrons. The maximum atomic E-state index is 12.7. The molecule has 8 nitrogen and oxygen atoms in total. The van der Waals surface area contributed by atoms with Gasteiger partial charge in [-0.3, -0.25) is 19.2 Å². The Morgan fingerprint density at radius 1 is 0.404 bits per heavy atom. The van der Waals surface area contributed by atoms with E-state index in [1.807, 2.05) is 152 Å². The Morgan fingerprint density at radius 2 is 0.712 bits per heavy atom. The fourth-order valence-electron chi connectivity index (χ4n) is 4.98. The summed E-state index contributed by atoms with van der Waals surface area (Å²) in [5, 5.41) is 0. The standard InChI is InChI=1S/C25H24O4.C19H20O4/c26-24(28-18-21-12-6-2-7-13-21)17-23(16-20-10-4-1-5-11-20)25(27)29-19-22-14-8-3-9-15-22;1-15(19(21)23-14-17-10-6-3-7-11-17)12-18(20)22-13-16-8-4-2-5-9-16/h1-15,23H,16-19H2;2-11,15H,12-14H2,1H3. The number of hydrogen-bond acceptors (Lipinski definition) is 8. The van der Waals surface area contributed by atoms with E-state index in [4.69, 9.17) is 18.9 Å². The number of carbonyl (C=O) groups excluding carboxylic acids is 4. The average molecular weight is 701 g/mol. The minimum absolute atomic E-state index is 0.0143. The predicted octanol–water partition coefficient (Wildman–Crippen LogP) is 8.22. The van der Waals surface area contributed by atoms with Crippen molar-refractivity contribution in [3.63, 3.8) is 0 Å². The highest BCUT2D eigenvalue weighted by Gasteiger charge is 2.25. The highest BCUT2D eigenvalue weighted by molar-refractivity contribution is 5.80. The molecule has 0 heterocycles. The Morgan fingerprint density at radius 3 is 1.10 bits per heavy atom. The van der Waals surface area contributed by atoms with Gasteiger partial charge in [0.05, 0.1) is 24.7 Å². The van der Waals surface area contributed by atoms with Gasteiger partial charge in [-0.05, 0) is 34.2 Å². The number of esters is 4. The lowest BCUT2D eigenvalue weighted by atomic mass is 9.96. The van der Waals surface area contributed by atoms with Crippen LogP contribution in [0, 0.1) is 11.8 Å². The van der Waals surface area contributed by atoms with E-state index < -0.39 is 35.7 Å². The van der Waals surface area contributed by atoms with E-state index in [0.29, 0.717) is 6.42 Å². The molecule has 0 aliphatic rings. The van der Waals surface area contributed by atoms with Crippen molar-refractivity contribution in [3.05, 3.63) is 179 Å². The van der Waals surface area contributed by atoms with Crippen LogP contribution >= 0.6 is 0 Å². The zero-order valence-corrected chi connectivity index (χ0v) is 29.3. The predicted molar refractivity (Wildman–Crippen MR) is 197 cm³/mol. The van der Waals surface area contributed by atoms with Crippen LogP contribution in [0.2, 0.25) is 0 Å². The molecule has 2 unspecified atom stereocenters. The van der Waals surface area contributed by atoms with Gasteiger partial charge in [0.15, 0.2) is 0 Å². The molecule has 0 bridgehead atoms. The largest absolute Gasteiger partial charge is 0.461 e. The van der Waals surface area contributed by atoms with E-state index in [9.17, 15) is 19.2 Å². The van der Waals surface area contributed by atoms with Gasteiger partial charge in [-0.1, -0.05) is 159 Å². The monoisotopic (exact) mass is 700 g/mol. The first-order chi connectivity index (χ1) is 25.4. The van der Waals surface area contributed by atoms with Crippen molar-refractivity contribution < 1.29 is 38.1 Å². The van der Waals surface area contributed by atoms with E-state index in [1.54, 1.807) is 6.92 Å². The summed E-state index contributed by atoms with van der Waals surface area (Å²) >= 11 is 0. The first-order valence-electron chi connectivity index (χ1n) is 17.2. The van der Waals surface area contributed by atoms with Crippen LogP contribution in [0.5, 0.6) is 0 Å². The van der Waals surface area contributed by atoms with Crippen LogP contribution < -0.4 is 0 Å². The molecule has 2 atom stereocenters. The van der Waals surface area contributed by atoms with Crippen molar-refractivity contribution in [1.29, 1.82) is 0 Å². The van der Waals surface area contributed by atoms with Gasteiger partial charge in [-0.15, -0.1) is 0 Å². The second-order valence-corrected chi connectivity index (χ2v) is 12.2. The summed E-state index contributed by atoms with van der Waals surface area (Å²) in [7, 11) is 0. The molecule has 0 saturated carbocycles. The number of rotatable bonds is 16. The lowest BCUT2D eigenvalue weighted by Crippen LogP contribution is -2.24. The second kappa shape index (κ2) is 21.9. The third-order valence-corrected chi connectivity index (χ3v) is 7.88. The smallest absolute Gasteiger partial charge is 0.310 e. The van der Waals surface area contributed by atoms with Crippen LogP contribution in [0.15, 0.2) is 152 Å². The van der Waals surface area contributed by atoms with Gasteiger partial charge in [-0.25, -0.2) is 0 Å². The fourth-order valence-corrected chi connectivity index (χ4v) is 4.98. The third-order valence-electron chi connectivity index (χ3n) is 7.88. The SMILES string of the molecule is CC(CC(=O)OCc1ccccc1)C(=O)OCc1ccccc1.O=C(CC(Cc1ccccc1)C(=O)OCc1ccccc1)OCc1ccccc1. The third kappa shape index (κ3) is 14.8. The zero-order valence-electron chi connectivity index (χ0n) is 29.3. The molecule has 5 rings (SSSR count). The van der Waals surface area contributed by atoms with Gasteiger partial charge in [0, 0.05) is 0 Å². The van der Waals surface area contributed by atoms with Crippen molar-refractivity contribution in [2.45, 2.75) is 52.6 Å². The summed E-state index contributed by atoms with van der Waals surface area (Å²) in [5.41, 5.74) is 4.63. The molecule has 5 aromatic carbocycles. The van der Waals surface area contributed by atoms with Crippen LogP contribution in [0.4, 0.5) is 0 Å². The molecule has 0 aliphatic heterocycles. The molecule has 0 spiro atoms. The molecule has 0 aromatic heterocycles. The molecule has 0 aliphatic carbocycles. The van der Waals surface area contributed by atoms with Crippen LogP contribution in [0.1, 0.15) is 47.6 Å². The zero-order chi connectivity index (χ0) is 36.8. The Kier molecular flexibility index (Phi) is 16.4. The highest BCUT2D eigenvalue weighted by atomic mass is 16.5. The van der Waals surface area contributed by atoms with Crippen LogP contribution in [-0.4, -0.2) is 23.9 Å². The Labute approximate surface area is 305 Å². The summed E-state index contributed by atoms with van der Waals surface area (Å²) in [4.78, 5) is 48.7. The van der Waals surface area contributed by atoms with Crippen molar-refractivity contribution in [1.82, 2.24) is 0 Å². The number of hydrogen-bond donors (Lipinski definition) is 0. The van der Waals surface area contributed by atoms with E-state index in [0.717, 1.165) is 27.8 Å². The van der Waals surface area contributed by atoms with Gasteiger partial charge in [0.2, 0.25) is 0 Å². The van der Waals surface area contributed by atoms with Crippen LogP contribution in [0.3, 0.4) is 0 Å². The molecule has 0 saturated heterocycles. The van der Waals surface area contributed by atoms with Crippen molar-refractivity contribution in [2.24, 2.45) is 11.8 Å². The molecule has 0 fully saturated rings. The van der Waals surface area contributed by atoms with Gasteiger partial charge >= 0.3 is 23.9 Å². The molecule has 0 N–H and O–H groups in total. The summed E-state index contributed by atoms with van der Waals surface area (Å²) in [6.45, 7) is 2.46. The topological polar surface area (TPSA) is 105 Å². The molecule has 52 heavy (non-hydrogen) atoms. The molecular weight excluding hydrogens is 656 g/mol. The minimum Gasteiger partial charge on any atom is -0.461 e. The molecule has 0 amide bonds. The number of ether oxygens (including phenoxy) is 4. The quantitative estimate of drug-likeness (QED) is 0.0749. The lowest BCUT2D eigenvalue weighted by molar-refractivity contribution is -0.156. The molecule has 0 radical (unpaired) electrons. The summed E-state index contributed by atoms with van der Waals surface area (Å²) in [5.74, 6) is -2.73. The highest BCUT2D eigenvalue weighted by Crippen LogP contribution is 2.17. The lowest BCUT2D eigenvalue weighted by Gasteiger charge is -2.16. The van der Waals surface area contributed by atoms with E-state index in [2.05, 4.69) is 0 Å². The van der Waals surface area contributed by atoms with E-state index in [1.165, 1.54) is 0 Å². The maximum Gasteiger partial charge on any atom is 0.310 e. The van der Waals surface area contributed by atoms with Crippen LogP contribution in [-0.2, 0) is 71.0 Å². The summed E-state index contributed by atoms with van der Waals surface area (Å²) in [6.07, 6.45) is 0.421. The summed E-state index contributed by atoms with van der Waals surface area (Å²) in [6, 6.07) is 47.4. The molecule has 8 heteroatoms. The Bertz CT molecular complexity index is 1780. The Hall–Kier alpha value is -6.02. The van der Waals surface area contributed by atoms with Crippen molar-refractivity contribution in [3.8, 4) is 0 Å². The normalized spacial score (nSPS) is 11.5. The summed E-state index contributed by atoms with van der Waals surface area (Å²) < 4.78 is 21.2. The van der Waals surface area contributed by atoms with E-state index >= 15 is 0 Å². The van der Waals surface area contributed by atoms with Gasteiger partial charge in [0.25, 0.3) is 0 Å². The number of benzene rings is 5. The number of carbonyl (C=O) groups is 4. The molecule has 5 aromatic rings. The Balaban J connectivity index is 0.000000239. The van der Waals surface area contributed by atoms with Crippen molar-refractivity contribution in [2.75, 3.05) is 0 Å². The second-order valence-electron chi connectivity index (χ2n) is 12.2. The minimum atomic E-state index is -0.593. The van der Waals surface area contributed by atoms with E-state index in [-0.39, 0.29) is 39.3 Å². The van der Waals surface area contributed by atoms with Gasteiger partial charge in [0.1, 0.15) is 26.4 Å². The van der Waals surface area contributed by atoms with Crippen LogP contribution in [0.25, 0.3) is 0 Å². The fraction of sp³-hybridized carbons (Fsp3) is 0.227. The first-order valence-corrected chi connectivity index (χ1v) is 17.2. The maximum absolute atomic E-state index is 12.7. The van der Waals surface area contributed by atoms with Crippen molar-refractivity contribution >= 4 is 23.9 Å². The van der Waals surface area contributed by atoms with Gasteiger partial charge < -0.3 is 18.9 Å². The first kappa shape index (κ1) is 38.8. The average Bonchev–Trinajstić information content (AvgIpc) is 3.19. The molecular formula is C44H44O8.